The Morgan fingerprint density at radius 2 is 1.90 bits per heavy atom. The molecule has 4 rings (SSSR count). The average molecular weight is 548 g/mol. The van der Waals surface area contributed by atoms with Gasteiger partial charge in [-0.05, 0) is 98.0 Å². The molecule has 39 heavy (non-hydrogen) atoms. The van der Waals surface area contributed by atoms with Gasteiger partial charge in [-0.15, -0.1) is 0 Å². The van der Waals surface area contributed by atoms with Crippen LogP contribution in [0.4, 0.5) is 4.39 Å². The molecule has 0 saturated carbocycles. The molecule has 0 unspecified atom stereocenters. The van der Waals surface area contributed by atoms with Gasteiger partial charge in [0.2, 0.25) is 0 Å². The molecule has 0 spiro atoms. The highest BCUT2D eigenvalue weighted by molar-refractivity contribution is 6.33. The molecule has 0 amide bonds. The maximum atomic E-state index is 13.7. The van der Waals surface area contributed by atoms with Gasteiger partial charge in [0.25, 0.3) is 0 Å². The Morgan fingerprint density at radius 1 is 1.13 bits per heavy atom. The van der Waals surface area contributed by atoms with Crippen LogP contribution in [0.25, 0.3) is 21.9 Å². The maximum Gasteiger partial charge on any atom is 0.331 e. The first-order valence-corrected chi connectivity index (χ1v) is 13.7. The number of carboxylic acids is 1. The summed E-state index contributed by atoms with van der Waals surface area (Å²) < 4.78 is 19.7. The van der Waals surface area contributed by atoms with Crippen LogP contribution in [0.5, 0.6) is 5.75 Å². The first kappa shape index (κ1) is 28.4. The number of aliphatic carboxylic acids is 1. The van der Waals surface area contributed by atoms with E-state index in [4.69, 9.17) is 16.3 Å². The Morgan fingerprint density at radius 3 is 2.62 bits per heavy atom. The van der Waals surface area contributed by atoms with E-state index < -0.39 is 5.97 Å². The molecule has 0 saturated heterocycles. The molecule has 0 bridgehead atoms. The lowest BCUT2D eigenvalue weighted by Crippen LogP contribution is -2.21. The maximum absolute atomic E-state index is 13.7. The highest BCUT2D eigenvalue weighted by atomic mass is 35.5. The van der Waals surface area contributed by atoms with Crippen molar-refractivity contribution in [2.75, 3.05) is 20.2 Å². The number of hydrogen-bond donors (Lipinski definition) is 1. The van der Waals surface area contributed by atoms with Crippen LogP contribution in [0.3, 0.4) is 0 Å². The number of halogens is 2. The summed E-state index contributed by atoms with van der Waals surface area (Å²) in [6, 6.07) is 14.0. The van der Waals surface area contributed by atoms with Gasteiger partial charge in [0.1, 0.15) is 11.6 Å². The predicted molar refractivity (Wildman–Crippen MR) is 159 cm³/mol. The summed E-state index contributed by atoms with van der Waals surface area (Å²) in [4.78, 5) is 14.5. The van der Waals surface area contributed by atoms with Crippen molar-refractivity contribution in [3.8, 4) is 5.75 Å². The molecule has 204 valence electrons. The highest BCUT2D eigenvalue weighted by Crippen LogP contribution is 2.41. The Balaban J connectivity index is 1.67. The van der Waals surface area contributed by atoms with Gasteiger partial charge in [-0.3, -0.25) is 0 Å². The number of benzene rings is 3. The number of carbonyl (C=O) groups is 1. The van der Waals surface area contributed by atoms with Gasteiger partial charge in [0.15, 0.2) is 0 Å². The molecule has 3 aromatic rings. The van der Waals surface area contributed by atoms with E-state index in [-0.39, 0.29) is 5.82 Å². The Bertz CT molecular complexity index is 1520. The lowest BCUT2D eigenvalue weighted by molar-refractivity contribution is -0.132. The Hall–Kier alpha value is -3.57. The van der Waals surface area contributed by atoms with Crippen molar-refractivity contribution >= 4 is 39.5 Å². The van der Waals surface area contributed by atoms with Crippen LogP contribution in [0.1, 0.15) is 56.7 Å². The zero-order chi connectivity index (χ0) is 28.3. The molecule has 1 N–H and O–H groups in total. The third kappa shape index (κ3) is 5.89. The van der Waals surface area contributed by atoms with Gasteiger partial charge in [-0.25, -0.2) is 9.18 Å². The summed E-state index contributed by atoms with van der Waals surface area (Å²) in [6.07, 6.45) is 3.74. The lowest BCUT2D eigenvalue weighted by atomic mass is 9.85. The number of allylic oxidation sites excluding steroid dienone is 4. The Labute approximate surface area is 235 Å². The molecule has 1 aliphatic rings. The smallest absolute Gasteiger partial charge is 0.331 e. The summed E-state index contributed by atoms with van der Waals surface area (Å²) in [5.74, 6) is -0.517. The quantitative estimate of drug-likeness (QED) is 0.215. The highest BCUT2D eigenvalue weighted by Gasteiger charge is 2.23. The SMILES string of the molecule is CC/C(C(=O)O)=C(/CCCOc1cccc2cc(F)ccc12)c1ccc(Cl)c(C2=C(C)N(C)CC=C2C)c1C. The van der Waals surface area contributed by atoms with Crippen LogP contribution in [0.15, 0.2) is 71.5 Å². The summed E-state index contributed by atoms with van der Waals surface area (Å²) in [6.45, 7) is 9.33. The van der Waals surface area contributed by atoms with Crippen molar-refractivity contribution in [3.63, 3.8) is 0 Å². The number of ether oxygens (including phenoxy) is 1. The Kier molecular flexibility index (Phi) is 8.81. The predicted octanol–water partition coefficient (Wildman–Crippen LogP) is 8.67. The fourth-order valence-corrected chi connectivity index (χ4v) is 5.70. The fraction of sp³-hybridized carbons (Fsp3) is 0.303. The minimum Gasteiger partial charge on any atom is -0.493 e. The van der Waals surface area contributed by atoms with Crippen molar-refractivity contribution in [1.82, 2.24) is 4.90 Å². The monoisotopic (exact) mass is 547 g/mol. The minimum absolute atomic E-state index is 0.288. The number of fused-ring (bicyclic) bond motifs is 1. The summed E-state index contributed by atoms with van der Waals surface area (Å²) in [5.41, 5.74) is 7.41. The van der Waals surface area contributed by atoms with Crippen LogP contribution < -0.4 is 4.74 Å². The van der Waals surface area contributed by atoms with Crippen molar-refractivity contribution in [1.29, 1.82) is 0 Å². The third-order valence-electron chi connectivity index (χ3n) is 7.60. The normalized spacial score (nSPS) is 14.4. The van der Waals surface area contributed by atoms with E-state index in [0.29, 0.717) is 42.2 Å². The van der Waals surface area contributed by atoms with Crippen LogP contribution in [-0.4, -0.2) is 36.2 Å². The van der Waals surface area contributed by atoms with E-state index in [1.165, 1.54) is 12.1 Å². The number of hydrogen-bond acceptors (Lipinski definition) is 3. The van der Waals surface area contributed by atoms with Gasteiger partial charge in [0.05, 0.1) is 6.61 Å². The van der Waals surface area contributed by atoms with Crippen LogP contribution in [-0.2, 0) is 4.79 Å². The average Bonchev–Trinajstić information content (AvgIpc) is 2.90. The largest absolute Gasteiger partial charge is 0.493 e. The first-order chi connectivity index (χ1) is 18.6. The van der Waals surface area contributed by atoms with Crippen molar-refractivity contribution in [3.05, 3.63) is 99.0 Å². The molecule has 1 aliphatic heterocycles. The number of likely N-dealkylation sites (N-methyl/N-ethyl adjacent to an activating group) is 1. The molecular formula is C33H35ClFNO3. The van der Waals surface area contributed by atoms with E-state index in [2.05, 4.69) is 31.9 Å². The van der Waals surface area contributed by atoms with Crippen LogP contribution in [0.2, 0.25) is 5.02 Å². The lowest BCUT2D eigenvalue weighted by Gasteiger charge is -2.29. The van der Waals surface area contributed by atoms with E-state index in [0.717, 1.165) is 56.4 Å². The minimum atomic E-state index is -0.913. The second-order valence-corrected chi connectivity index (χ2v) is 10.4. The zero-order valence-electron chi connectivity index (χ0n) is 23.2. The number of carboxylic acid groups (broad SMARTS) is 1. The molecule has 0 aromatic heterocycles. The van der Waals surface area contributed by atoms with Gasteiger partial charge in [-0.2, -0.15) is 0 Å². The van der Waals surface area contributed by atoms with Gasteiger partial charge in [-0.1, -0.05) is 42.8 Å². The molecule has 3 aromatic carbocycles. The van der Waals surface area contributed by atoms with Gasteiger partial charge in [0, 0.05) is 46.4 Å². The van der Waals surface area contributed by atoms with Crippen molar-refractivity contribution in [2.24, 2.45) is 0 Å². The second-order valence-electron chi connectivity index (χ2n) is 10.0. The molecule has 0 radical (unpaired) electrons. The molecular weight excluding hydrogens is 513 g/mol. The number of rotatable bonds is 9. The summed E-state index contributed by atoms with van der Waals surface area (Å²) in [5, 5.41) is 12.4. The third-order valence-corrected chi connectivity index (χ3v) is 7.91. The van der Waals surface area contributed by atoms with E-state index in [1.54, 1.807) is 6.07 Å². The van der Waals surface area contributed by atoms with E-state index in [9.17, 15) is 14.3 Å². The van der Waals surface area contributed by atoms with Crippen molar-refractivity contribution < 1.29 is 19.0 Å². The van der Waals surface area contributed by atoms with Gasteiger partial charge >= 0.3 is 5.97 Å². The fourth-order valence-electron chi connectivity index (χ4n) is 5.40. The van der Waals surface area contributed by atoms with Gasteiger partial charge < -0.3 is 14.7 Å². The molecule has 6 heteroatoms. The van der Waals surface area contributed by atoms with E-state index in [1.807, 2.05) is 44.2 Å². The second kappa shape index (κ2) is 12.1. The van der Waals surface area contributed by atoms with Crippen LogP contribution in [0, 0.1) is 12.7 Å². The molecule has 4 nitrogen and oxygen atoms in total. The first-order valence-electron chi connectivity index (χ1n) is 13.3. The molecule has 0 aliphatic carbocycles. The number of nitrogens with zero attached hydrogens (tertiary/aromatic N) is 1. The molecule has 0 fully saturated rings. The summed E-state index contributed by atoms with van der Waals surface area (Å²) >= 11 is 6.79. The van der Waals surface area contributed by atoms with Crippen LogP contribution >= 0.6 is 11.6 Å². The molecule has 0 atom stereocenters. The standard InChI is InChI=1S/C33H35ClFNO3/c1-6-25(33(37)38)28(10-8-18-39-30-11-7-9-23-19-24(35)12-13-27(23)30)26-14-15-29(34)32(21(26)3)31-20(2)16-17-36(5)22(31)4/h7,9,11-16,19H,6,8,10,17-18H2,1-5H3,(H,37,38)/b28-25+. The topological polar surface area (TPSA) is 49.8 Å². The zero-order valence-corrected chi connectivity index (χ0v) is 24.0. The van der Waals surface area contributed by atoms with Crippen molar-refractivity contribution in [2.45, 2.75) is 47.0 Å². The van der Waals surface area contributed by atoms with E-state index >= 15 is 0 Å². The summed E-state index contributed by atoms with van der Waals surface area (Å²) in [7, 11) is 2.06. The molecule has 1 heterocycles.